The average Bonchev–Trinajstić information content (AvgIpc) is 2.70. The molecule has 3 aromatic carbocycles. The fourth-order valence-corrected chi connectivity index (χ4v) is 2.96. The maximum Gasteiger partial charge on any atom is 0.419 e. The predicted octanol–water partition coefficient (Wildman–Crippen LogP) is 6.86. The molecule has 0 spiro atoms. The highest BCUT2D eigenvalue weighted by Crippen LogP contribution is 2.38. The van der Waals surface area contributed by atoms with Gasteiger partial charge in [-0.1, -0.05) is 11.6 Å². The number of nitrogens with one attached hydrogen (secondary N) is 1. The van der Waals surface area contributed by atoms with Crippen LogP contribution in [0.15, 0.2) is 48.5 Å². The second kappa shape index (κ2) is 8.85. The summed E-state index contributed by atoms with van der Waals surface area (Å²) in [6.45, 7) is 1.47. The lowest BCUT2D eigenvalue weighted by Crippen LogP contribution is -2.19. The molecule has 0 heterocycles. The lowest BCUT2D eigenvalue weighted by molar-refractivity contribution is -0.140. The normalized spacial score (nSPS) is 11.1. The molecule has 0 unspecified atom stereocenters. The van der Waals surface area contributed by atoms with Crippen LogP contribution in [-0.4, -0.2) is 5.91 Å². The van der Waals surface area contributed by atoms with Gasteiger partial charge in [0.1, 0.15) is 28.9 Å². The third-order valence-electron chi connectivity index (χ3n) is 4.34. The van der Waals surface area contributed by atoms with E-state index in [0.29, 0.717) is 6.07 Å². The van der Waals surface area contributed by atoms with Crippen molar-refractivity contribution in [2.75, 3.05) is 5.32 Å². The quantitative estimate of drug-likeness (QED) is 0.427. The number of amides is 1. The summed E-state index contributed by atoms with van der Waals surface area (Å²) in [4.78, 5) is 12.8. The van der Waals surface area contributed by atoms with Gasteiger partial charge in [-0.15, -0.1) is 0 Å². The van der Waals surface area contributed by atoms with Crippen LogP contribution in [0, 0.1) is 29.9 Å². The van der Waals surface area contributed by atoms with Crippen LogP contribution in [0.3, 0.4) is 0 Å². The van der Waals surface area contributed by atoms with Gasteiger partial charge in [-0.05, 0) is 61.0 Å². The Kier molecular flexibility index (Phi) is 6.37. The number of hydrogen-bond donors (Lipinski definition) is 1. The van der Waals surface area contributed by atoms with E-state index in [1.54, 1.807) is 6.07 Å². The fourth-order valence-electron chi connectivity index (χ4n) is 2.80. The largest absolute Gasteiger partial charge is 0.456 e. The maximum absolute atomic E-state index is 14.9. The number of alkyl halides is 3. The van der Waals surface area contributed by atoms with Gasteiger partial charge in [-0.3, -0.25) is 4.79 Å². The van der Waals surface area contributed by atoms with E-state index in [-0.39, 0.29) is 27.6 Å². The van der Waals surface area contributed by atoms with Crippen molar-refractivity contribution in [2.24, 2.45) is 0 Å². The molecule has 0 aliphatic rings. The zero-order valence-electron chi connectivity index (χ0n) is 16.2. The summed E-state index contributed by atoms with van der Waals surface area (Å²) in [6.07, 6.45) is -5.07. The van der Waals surface area contributed by atoms with Crippen LogP contribution < -0.4 is 10.1 Å². The minimum atomic E-state index is -5.07. The van der Waals surface area contributed by atoms with Gasteiger partial charge < -0.3 is 10.1 Å². The number of nitrogens with zero attached hydrogens (tertiary/aromatic N) is 1. The first-order valence-corrected chi connectivity index (χ1v) is 9.23. The molecule has 3 rings (SSSR count). The van der Waals surface area contributed by atoms with Crippen molar-refractivity contribution >= 4 is 23.2 Å². The number of carbonyl (C=O) groups is 1. The third-order valence-corrected chi connectivity index (χ3v) is 4.67. The van der Waals surface area contributed by atoms with Crippen molar-refractivity contribution in [2.45, 2.75) is 13.1 Å². The zero-order valence-corrected chi connectivity index (χ0v) is 16.9. The second-order valence-corrected chi connectivity index (χ2v) is 6.98. The molecule has 1 amide bonds. The maximum atomic E-state index is 14.9. The molecule has 0 aliphatic heterocycles. The second-order valence-electron chi connectivity index (χ2n) is 6.57. The third kappa shape index (κ3) is 4.81. The van der Waals surface area contributed by atoms with Gasteiger partial charge in [0.15, 0.2) is 5.82 Å². The first-order chi connectivity index (χ1) is 15.0. The molecule has 4 nitrogen and oxygen atoms in total. The van der Waals surface area contributed by atoms with Crippen molar-refractivity contribution in [1.82, 2.24) is 0 Å². The molecule has 0 radical (unpaired) electrons. The van der Waals surface area contributed by atoms with Crippen LogP contribution in [-0.2, 0) is 6.18 Å². The summed E-state index contributed by atoms with van der Waals surface area (Å²) >= 11 is 5.82. The Balaban J connectivity index is 2.08. The molecular weight excluding hydrogens is 455 g/mol. The molecule has 164 valence electrons. The van der Waals surface area contributed by atoms with Gasteiger partial charge in [0.2, 0.25) is 0 Å². The van der Waals surface area contributed by atoms with E-state index in [0.717, 1.165) is 18.2 Å². The highest BCUT2D eigenvalue weighted by Gasteiger charge is 2.37. The van der Waals surface area contributed by atoms with Gasteiger partial charge in [0, 0.05) is 5.69 Å². The zero-order chi connectivity index (χ0) is 23.6. The van der Waals surface area contributed by atoms with Gasteiger partial charge in [-0.25, -0.2) is 8.78 Å². The van der Waals surface area contributed by atoms with Crippen LogP contribution in [0.2, 0.25) is 5.02 Å². The SMILES string of the molecule is Cc1cc(F)ccc1Oc1ccc(C(F)(F)F)c(F)c1C(=O)Nc1ccc(Cl)c(C#N)c1. The Morgan fingerprint density at radius 1 is 1.06 bits per heavy atom. The molecule has 3 aromatic rings. The summed E-state index contributed by atoms with van der Waals surface area (Å²) in [5.41, 5.74) is -2.42. The molecular formula is C22H12ClF5N2O2. The standard InChI is InChI=1S/C22H12ClF5N2O2/c1-11-8-13(24)2-6-17(11)32-18-7-4-15(22(26,27)28)20(25)19(18)21(31)30-14-3-5-16(23)12(9-14)10-29/h2-9H,1H3,(H,30,31). The molecule has 0 aliphatic carbocycles. The molecule has 1 N–H and O–H groups in total. The Morgan fingerprint density at radius 2 is 1.75 bits per heavy atom. The molecule has 10 heteroatoms. The lowest BCUT2D eigenvalue weighted by atomic mass is 10.1. The number of halogens is 6. The monoisotopic (exact) mass is 466 g/mol. The fraction of sp³-hybridized carbons (Fsp3) is 0.0909. The van der Waals surface area contributed by atoms with Crippen LogP contribution in [0.1, 0.15) is 27.0 Å². The van der Waals surface area contributed by atoms with Crippen molar-refractivity contribution in [3.05, 3.63) is 87.4 Å². The molecule has 0 fully saturated rings. The van der Waals surface area contributed by atoms with E-state index in [4.69, 9.17) is 21.6 Å². The number of rotatable bonds is 4. The van der Waals surface area contributed by atoms with Crippen molar-refractivity contribution in [1.29, 1.82) is 5.26 Å². The van der Waals surface area contributed by atoms with E-state index < -0.39 is 40.6 Å². The van der Waals surface area contributed by atoms with Crippen LogP contribution >= 0.6 is 11.6 Å². The number of carbonyl (C=O) groups excluding carboxylic acids is 1. The van der Waals surface area contributed by atoms with Gasteiger partial charge >= 0.3 is 6.18 Å². The minimum Gasteiger partial charge on any atom is -0.456 e. The predicted molar refractivity (Wildman–Crippen MR) is 107 cm³/mol. The molecule has 32 heavy (non-hydrogen) atoms. The number of anilines is 1. The summed E-state index contributed by atoms with van der Waals surface area (Å²) < 4.78 is 73.3. The highest BCUT2D eigenvalue weighted by molar-refractivity contribution is 6.31. The van der Waals surface area contributed by atoms with Gasteiger partial charge in [-0.2, -0.15) is 18.4 Å². The molecule has 0 bridgehead atoms. The van der Waals surface area contributed by atoms with Crippen molar-refractivity contribution in [3.8, 4) is 17.6 Å². The smallest absolute Gasteiger partial charge is 0.419 e. The van der Waals surface area contributed by atoms with E-state index in [9.17, 15) is 26.7 Å². The van der Waals surface area contributed by atoms with Crippen LogP contribution in [0.5, 0.6) is 11.5 Å². The Morgan fingerprint density at radius 3 is 2.38 bits per heavy atom. The minimum absolute atomic E-state index is 0.00308. The van der Waals surface area contributed by atoms with E-state index in [1.807, 2.05) is 0 Å². The topological polar surface area (TPSA) is 62.1 Å². The van der Waals surface area contributed by atoms with E-state index in [2.05, 4.69) is 5.32 Å². The summed E-state index contributed by atoms with van der Waals surface area (Å²) in [6, 6.07) is 10.1. The number of benzene rings is 3. The first-order valence-electron chi connectivity index (χ1n) is 8.86. The van der Waals surface area contributed by atoms with Crippen LogP contribution in [0.25, 0.3) is 0 Å². The van der Waals surface area contributed by atoms with Gasteiger partial charge in [0.25, 0.3) is 5.91 Å². The number of ether oxygens (including phenoxy) is 1. The number of hydrogen-bond acceptors (Lipinski definition) is 3. The van der Waals surface area contributed by atoms with E-state index in [1.165, 1.54) is 31.2 Å². The molecule has 0 saturated carbocycles. The Labute approximate surface area is 183 Å². The highest BCUT2D eigenvalue weighted by atomic mass is 35.5. The molecule has 0 atom stereocenters. The number of aryl methyl sites for hydroxylation is 1. The summed E-state index contributed by atoms with van der Waals surface area (Å²) in [5, 5.41) is 11.4. The van der Waals surface area contributed by atoms with Crippen molar-refractivity contribution < 1.29 is 31.5 Å². The Bertz CT molecular complexity index is 1250. The Hall–Kier alpha value is -3.64. The summed E-state index contributed by atoms with van der Waals surface area (Å²) in [7, 11) is 0. The van der Waals surface area contributed by atoms with Crippen LogP contribution in [0.4, 0.5) is 27.6 Å². The first kappa shape index (κ1) is 23.0. The average molecular weight is 467 g/mol. The van der Waals surface area contributed by atoms with E-state index >= 15 is 0 Å². The summed E-state index contributed by atoms with van der Waals surface area (Å²) in [5.74, 6) is -4.19. The number of nitriles is 1. The molecule has 0 aromatic heterocycles. The van der Waals surface area contributed by atoms with Gasteiger partial charge in [0.05, 0.1) is 16.1 Å². The lowest BCUT2D eigenvalue weighted by Gasteiger charge is -2.17. The molecule has 0 saturated heterocycles. The van der Waals surface area contributed by atoms with Crippen molar-refractivity contribution in [3.63, 3.8) is 0 Å².